The second kappa shape index (κ2) is 36.3. The summed E-state index contributed by atoms with van der Waals surface area (Å²) in [4.78, 5) is 58.3. The molecule has 12 nitrogen and oxygen atoms in total. The van der Waals surface area contributed by atoms with E-state index in [4.69, 9.17) is 44.9 Å². The fraction of sp³-hybridized carbons (Fsp3) is 0. The highest BCUT2D eigenvalue weighted by Crippen LogP contribution is 2.50. The van der Waals surface area contributed by atoms with Gasteiger partial charge in [0, 0.05) is 153 Å². The van der Waals surface area contributed by atoms with Crippen molar-refractivity contribution in [2.75, 3.05) is 0 Å². The van der Waals surface area contributed by atoms with E-state index in [2.05, 4.69) is 330 Å². The molecule has 0 fully saturated rings. The van der Waals surface area contributed by atoms with Crippen molar-refractivity contribution in [1.82, 2.24) is 59.8 Å². The molecule has 0 aliphatic carbocycles. The topological polar surface area (TPSA) is 155 Å². The lowest BCUT2D eigenvalue weighted by molar-refractivity contribution is 1.07. The zero-order chi connectivity index (χ0) is 96.9. The van der Waals surface area contributed by atoms with Crippen LogP contribution in [0.15, 0.2) is 474 Å². The van der Waals surface area contributed by atoms with Crippen LogP contribution in [0, 0.1) is 0 Å². The van der Waals surface area contributed by atoms with Gasteiger partial charge in [0.05, 0.1) is 5.69 Å². The first-order chi connectivity index (χ1) is 72.8. The maximum atomic E-state index is 5.10. The summed E-state index contributed by atoms with van der Waals surface area (Å²) in [6, 6.07) is 156. The number of hydrogen-bond acceptors (Lipinski definition) is 15. The molecule has 0 spiro atoms. The number of pyridine rings is 3. The standard InChI is InChI=1S/3C44H26N4S/c1-2-10-28(11-3-1)42-46-43(29-19-17-27(18-20-29)38-15-8-9-25-45-38)48-44(47-42)30-21-22-32-35-23-24-36-33-13-6-7-16-39(33)49-41(36)40(35)34-14-5-4-12-31(34)37(32)26-30;1-2-9-28(10-3-1)42-46-43(29-18-16-27(17-19-29)31-11-8-22-45-26-31)48-44(47-42)30-20-21-34-36(23-30)32-12-4-5-13-33(32)38-25-41-39(24-37(34)38)35-14-6-7-15-40(35)49-41;1-2-8-29(9-3-1)42-46-43(30-16-14-27(15-17-30)28-22-24-45-25-23-28)48-44(47-42)31-18-19-35-37(26-31)33-11-5-4-10-32(33)34-20-21-39-41(40(34)35)36-12-6-7-13-38(36)49-39/h3*1-26H. The molecule has 21 aromatic carbocycles. The first kappa shape index (κ1) is 86.0. The molecule has 9 heterocycles. The molecule has 0 aliphatic heterocycles. The molecule has 15 heteroatoms. The Kier molecular flexibility index (Phi) is 21.2. The molecular formula is C132H78N12S3. The van der Waals surface area contributed by atoms with Gasteiger partial charge in [-0.3, -0.25) is 15.0 Å². The lowest BCUT2D eigenvalue weighted by Crippen LogP contribution is -2.00. The summed E-state index contributed by atoms with van der Waals surface area (Å²) in [5.41, 5.74) is 14.8. The summed E-state index contributed by atoms with van der Waals surface area (Å²) in [6.07, 6.45) is 9.11. The van der Waals surface area contributed by atoms with Gasteiger partial charge in [-0.1, -0.05) is 358 Å². The van der Waals surface area contributed by atoms with E-state index in [0.717, 1.165) is 83.6 Å². The van der Waals surface area contributed by atoms with E-state index in [1.165, 1.54) is 157 Å². The van der Waals surface area contributed by atoms with Crippen molar-refractivity contribution < 1.29 is 0 Å². The van der Waals surface area contributed by atoms with Gasteiger partial charge in [0.2, 0.25) is 0 Å². The zero-order valence-corrected chi connectivity index (χ0v) is 81.1. The highest BCUT2D eigenvalue weighted by Gasteiger charge is 2.25. The summed E-state index contributed by atoms with van der Waals surface area (Å²) >= 11 is 5.61. The van der Waals surface area contributed by atoms with Gasteiger partial charge in [0.15, 0.2) is 52.4 Å². The molecule has 0 amide bonds. The van der Waals surface area contributed by atoms with Gasteiger partial charge in [0.1, 0.15) is 0 Å². The molecule has 147 heavy (non-hydrogen) atoms. The summed E-state index contributed by atoms with van der Waals surface area (Å²) in [5.74, 6) is 5.77. The molecule has 0 N–H and O–H groups in total. The Morgan fingerprint density at radius 1 is 0.136 bits per heavy atom. The van der Waals surface area contributed by atoms with Gasteiger partial charge in [-0.2, -0.15) is 0 Å². The average molecular weight is 1930 g/mol. The molecule has 0 unspecified atom stereocenters. The monoisotopic (exact) mass is 1930 g/mol. The molecule has 0 saturated heterocycles. The summed E-state index contributed by atoms with van der Waals surface area (Å²) in [7, 11) is 0. The number of thiophene rings is 3. The lowest BCUT2D eigenvalue weighted by Gasteiger charge is -2.14. The third-order valence-electron chi connectivity index (χ3n) is 28.2. The van der Waals surface area contributed by atoms with Gasteiger partial charge < -0.3 is 0 Å². The predicted molar refractivity (Wildman–Crippen MR) is 614 cm³/mol. The van der Waals surface area contributed by atoms with Crippen molar-refractivity contribution in [3.05, 3.63) is 474 Å². The van der Waals surface area contributed by atoms with E-state index in [1.807, 2.05) is 186 Å². The van der Waals surface area contributed by atoms with Crippen LogP contribution in [0.1, 0.15) is 0 Å². The number of benzene rings is 21. The molecular weight excluding hydrogens is 1850 g/mol. The van der Waals surface area contributed by atoms with Crippen molar-refractivity contribution in [3.8, 4) is 136 Å². The van der Waals surface area contributed by atoms with E-state index < -0.39 is 0 Å². The maximum Gasteiger partial charge on any atom is 0.164 e. The highest BCUT2D eigenvalue weighted by molar-refractivity contribution is 7.27. The molecule has 9 aromatic heterocycles. The van der Waals surface area contributed by atoms with Gasteiger partial charge >= 0.3 is 0 Å². The molecule has 0 saturated carbocycles. The number of nitrogens with zero attached hydrogens (tertiary/aromatic N) is 12. The van der Waals surface area contributed by atoms with Crippen molar-refractivity contribution in [1.29, 1.82) is 0 Å². The van der Waals surface area contributed by atoms with E-state index in [0.29, 0.717) is 52.4 Å². The number of hydrogen-bond donors (Lipinski definition) is 0. The molecule has 0 bridgehead atoms. The van der Waals surface area contributed by atoms with E-state index in [9.17, 15) is 0 Å². The minimum absolute atomic E-state index is 0.632. The van der Waals surface area contributed by atoms with Crippen molar-refractivity contribution >= 4 is 191 Å². The first-order valence-corrected chi connectivity index (χ1v) is 51.3. The number of fused-ring (bicyclic) bond motifs is 29. The normalized spacial score (nSPS) is 11.7. The van der Waals surface area contributed by atoms with Crippen LogP contribution in [0.5, 0.6) is 0 Å². The lowest BCUT2D eigenvalue weighted by atomic mass is 9.91. The average Bonchev–Trinajstić information content (AvgIpc) is 1.67. The fourth-order valence-corrected chi connectivity index (χ4v) is 24.6. The van der Waals surface area contributed by atoms with Gasteiger partial charge in [-0.25, -0.2) is 44.9 Å². The summed E-state index contributed by atoms with van der Waals surface area (Å²) < 4.78 is 7.90. The van der Waals surface area contributed by atoms with Crippen LogP contribution in [0.25, 0.3) is 293 Å². The Morgan fingerprint density at radius 3 is 0.952 bits per heavy atom. The van der Waals surface area contributed by atoms with Crippen LogP contribution < -0.4 is 0 Å². The Labute approximate surface area is 854 Å². The molecule has 0 atom stereocenters. The predicted octanol–water partition coefficient (Wildman–Crippen LogP) is 35.3. The van der Waals surface area contributed by atoms with Crippen molar-refractivity contribution in [2.24, 2.45) is 0 Å². The Morgan fingerprint density at radius 2 is 0.449 bits per heavy atom. The van der Waals surface area contributed by atoms with E-state index in [1.54, 1.807) is 6.20 Å². The van der Waals surface area contributed by atoms with Gasteiger partial charge in [-0.15, -0.1) is 34.0 Å². The Bertz CT molecular complexity index is 10500. The van der Waals surface area contributed by atoms with Crippen molar-refractivity contribution in [2.45, 2.75) is 0 Å². The van der Waals surface area contributed by atoms with Crippen LogP contribution in [-0.4, -0.2) is 59.8 Å². The highest BCUT2D eigenvalue weighted by atomic mass is 32.1. The van der Waals surface area contributed by atoms with Crippen LogP contribution in [-0.2, 0) is 0 Å². The molecule has 30 rings (SSSR count). The number of rotatable bonds is 12. The first-order valence-electron chi connectivity index (χ1n) is 48.9. The molecule has 0 aliphatic rings. The third kappa shape index (κ3) is 15.5. The fourth-order valence-electron chi connectivity index (χ4n) is 21.1. The molecule has 684 valence electrons. The second-order valence-electron chi connectivity index (χ2n) is 36.8. The third-order valence-corrected chi connectivity index (χ3v) is 31.7. The maximum absolute atomic E-state index is 5.10. The summed E-state index contributed by atoms with van der Waals surface area (Å²) in [5, 5.41) is 30.2. The zero-order valence-electron chi connectivity index (χ0n) is 78.6. The number of aromatic nitrogens is 12. The minimum Gasteiger partial charge on any atom is -0.265 e. The Balaban J connectivity index is 0.000000107. The van der Waals surface area contributed by atoms with E-state index >= 15 is 0 Å². The van der Waals surface area contributed by atoms with Crippen LogP contribution in [0.3, 0.4) is 0 Å². The van der Waals surface area contributed by atoms with Crippen LogP contribution >= 0.6 is 34.0 Å². The minimum atomic E-state index is 0.632. The van der Waals surface area contributed by atoms with Crippen LogP contribution in [0.4, 0.5) is 0 Å². The largest absolute Gasteiger partial charge is 0.265 e. The molecule has 0 radical (unpaired) electrons. The SMILES string of the molecule is c1ccc(-c2nc(-c3ccc(-c4ccccn4)cc3)nc(-c3ccc4c(c3)c3ccccc3c3c4ccc4c5ccccc5sc43)n2)cc1.c1ccc(-c2nc(-c3ccc(-c4cccnc4)cc3)nc(-c3ccc4c(c3)c3ccccc3c3cc5sc6ccccc6c5cc43)n2)cc1.c1ccc(-c2nc(-c3ccc(-c4ccncc4)cc3)nc(-c3ccc4c(c3)c3ccccc3c3ccc5sc6ccccc6c5c34)n2)cc1. The van der Waals surface area contributed by atoms with Crippen LogP contribution in [0.2, 0.25) is 0 Å². The summed E-state index contributed by atoms with van der Waals surface area (Å²) in [6.45, 7) is 0. The Hall–Kier alpha value is -18.9. The second-order valence-corrected chi connectivity index (χ2v) is 40.0. The quantitative estimate of drug-likeness (QED) is 0.107. The van der Waals surface area contributed by atoms with Gasteiger partial charge in [-0.05, 0) is 199 Å². The van der Waals surface area contributed by atoms with Crippen molar-refractivity contribution in [3.63, 3.8) is 0 Å². The van der Waals surface area contributed by atoms with E-state index in [-0.39, 0.29) is 0 Å². The molecule has 30 aromatic rings. The smallest absolute Gasteiger partial charge is 0.164 e. The van der Waals surface area contributed by atoms with Gasteiger partial charge in [0.25, 0.3) is 0 Å².